The number of hydrogen-bond acceptors (Lipinski definition) is 2. The summed E-state index contributed by atoms with van der Waals surface area (Å²) in [7, 11) is 0. The predicted molar refractivity (Wildman–Crippen MR) is 78.3 cm³/mol. The summed E-state index contributed by atoms with van der Waals surface area (Å²) in [6.45, 7) is 0. The van der Waals surface area contributed by atoms with Crippen LogP contribution in [0.3, 0.4) is 0 Å². The first kappa shape index (κ1) is 14.4. The molecule has 0 fully saturated rings. The Hall–Kier alpha value is -1.03. The van der Waals surface area contributed by atoms with Crippen LogP contribution >= 0.6 is 23.4 Å². The summed E-state index contributed by atoms with van der Waals surface area (Å²) >= 11 is 7.59. The van der Waals surface area contributed by atoms with Gasteiger partial charge in [-0.1, -0.05) is 29.8 Å². The zero-order valence-corrected chi connectivity index (χ0v) is 12.0. The third-order valence-corrected chi connectivity index (χ3v) is 4.06. The van der Waals surface area contributed by atoms with Crippen molar-refractivity contribution in [3.05, 3.63) is 64.4 Å². The fourth-order valence-corrected chi connectivity index (χ4v) is 2.51. The van der Waals surface area contributed by atoms with Gasteiger partial charge in [0, 0.05) is 21.9 Å². The first-order chi connectivity index (χ1) is 9.11. The van der Waals surface area contributed by atoms with Crippen molar-refractivity contribution < 1.29 is 9.50 Å². The lowest BCUT2D eigenvalue weighted by Crippen LogP contribution is -2.04. The van der Waals surface area contributed by atoms with E-state index in [4.69, 9.17) is 11.6 Å². The topological polar surface area (TPSA) is 20.2 Å². The second-order valence-corrected chi connectivity index (χ2v) is 5.48. The second kappa shape index (κ2) is 6.42. The van der Waals surface area contributed by atoms with E-state index in [-0.39, 0.29) is 12.2 Å². The number of aliphatic hydroxyl groups is 1. The molecule has 1 N–H and O–H groups in total. The van der Waals surface area contributed by atoms with Crippen LogP contribution in [-0.4, -0.2) is 11.4 Å². The van der Waals surface area contributed by atoms with Crippen molar-refractivity contribution in [1.29, 1.82) is 0 Å². The molecular formula is C15H14ClFOS. The lowest BCUT2D eigenvalue weighted by atomic mass is 10.0. The first-order valence-electron chi connectivity index (χ1n) is 5.86. The summed E-state index contributed by atoms with van der Waals surface area (Å²) in [5.74, 6) is -0.382. The predicted octanol–water partition coefficient (Wildman–Crippen LogP) is 4.48. The van der Waals surface area contributed by atoms with E-state index in [0.717, 1.165) is 10.5 Å². The molecule has 0 saturated carbocycles. The van der Waals surface area contributed by atoms with Crippen LogP contribution < -0.4 is 0 Å². The average Bonchev–Trinajstić information content (AvgIpc) is 2.43. The van der Waals surface area contributed by atoms with Crippen LogP contribution in [0.5, 0.6) is 0 Å². The second-order valence-electron chi connectivity index (χ2n) is 4.19. The molecule has 2 rings (SSSR count). The molecule has 0 heterocycles. The Balaban J connectivity index is 2.18. The largest absolute Gasteiger partial charge is 0.388 e. The molecule has 1 atom stereocenters. The Morgan fingerprint density at radius 1 is 1.21 bits per heavy atom. The van der Waals surface area contributed by atoms with Crippen molar-refractivity contribution in [2.45, 2.75) is 17.4 Å². The van der Waals surface area contributed by atoms with Crippen LogP contribution in [-0.2, 0) is 6.42 Å². The highest BCUT2D eigenvalue weighted by molar-refractivity contribution is 7.98. The minimum absolute atomic E-state index is 0.171. The van der Waals surface area contributed by atoms with Crippen LogP contribution in [0, 0.1) is 5.82 Å². The zero-order chi connectivity index (χ0) is 13.8. The van der Waals surface area contributed by atoms with Gasteiger partial charge in [-0.15, -0.1) is 11.8 Å². The van der Waals surface area contributed by atoms with E-state index in [1.165, 1.54) is 6.07 Å². The number of hydrogen-bond donors (Lipinski definition) is 1. The molecule has 2 aromatic carbocycles. The Kier molecular flexibility index (Phi) is 4.86. The van der Waals surface area contributed by atoms with Crippen LogP contribution in [0.1, 0.15) is 17.2 Å². The molecule has 0 spiro atoms. The lowest BCUT2D eigenvalue weighted by Gasteiger charge is -2.13. The molecule has 0 bridgehead atoms. The van der Waals surface area contributed by atoms with Gasteiger partial charge in [-0.05, 0) is 36.1 Å². The normalized spacial score (nSPS) is 12.4. The van der Waals surface area contributed by atoms with Crippen molar-refractivity contribution in [2.24, 2.45) is 0 Å². The molecule has 1 nitrogen and oxygen atoms in total. The van der Waals surface area contributed by atoms with Gasteiger partial charge < -0.3 is 5.11 Å². The van der Waals surface area contributed by atoms with Gasteiger partial charge in [0.05, 0.1) is 6.10 Å². The van der Waals surface area contributed by atoms with E-state index >= 15 is 0 Å². The zero-order valence-electron chi connectivity index (χ0n) is 10.4. The number of benzene rings is 2. The highest BCUT2D eigenvalue weighted by atomic mass is 35.5. The molecule has 19 heavy (non-hydrogen) atoms. The molecule has 1 unspecified atom stereocenters. The Morgan fingerprint density at radius 2 is 1.89 bits per heavy atom. The van der Waals surface area contributed by atoms with Crippen LogP contribution in [0.25, 0.3) is 0 Å². The quantitative estimate of drug-likeness (QED) is 0.840. The van der Waals surface area contributed by atoms with E-state index in [1.807, 2.05) is 30.5 Å². The van der Waals surface area contributed by atoms with Gasteiger partial charge in [0.15, 0.2) is 0 Å². The van der Waals surface area contributed by atoms with E-state index in [0.29, 0.717) is 10.6 Å². The third-order valence-electron chi connectivity index (χ3n) is 2.96. The van der Waals surface area contributed by atoms with Gasteiger partial charge in [0.2, 0.25) is 0 Å². The standard InChI is InChI=1S/C15H14ClFOS/c1-19-11-7-5-10(6-8-11)15(18)9-12-13(16)3-2-4-14(12)17/h2-8,15,18H,9H2,1H3. The smallest absolute Gasteiger partial charge is 0.127 e. The maximum atomic E-state index is 13.6. The van der Waals surface area contributed by atoms with Crippen LogP contribution in [0.4, 0.5) is 4.39 Å². The molecular weight excluding hydrogens is 283 g/mol. The highest BCUT2D eigenvalue weighted by Crippen LogP contribution is 2.26. The van der Waals surface area contributed by atoms with Gasteiger partial charge in [-0.25, -0.2) is 4.39 Å². The number of aliphatic hydroxyl groups excluding tert-OH is 1. The molecule has 0 aliphatic carbocycles. The van der Waals surface area contributed by atoms with Crippen molar-refractivity contribution in [3.63, 3.8) is 0 Å². The van der Waals surface area contributed by atoms with E-state index in [9.17, 15) is 9.50 Å². The van der Waals surface area contributed by atoms with Gasteiger partial charge in [-0.2, -0.15) is 0 Å². The maximum Gasteiger partial charge on any atom is 0.127 e. The monoisotopic (exact) mass is 296 g/mol. The summed E-state index contributed by atoms with van der Waals surface area (Å²) in [6, 6.07) is 12.1. The number of rotatable bonds is 4. The first-order valence-corrected chi connectivity index (χ1v) is 7.47. The van der Waals surface area contributed by atoms with Gasteiger partial charge >= 0.3 is 0 Å². The minimum atomic E-state index is -0.759. The highest BCUT2D eigenvalue weighted by Gasteiger charge is 2.14. The third kappa shape index (κ3) is 3.50. The Labute approximate surface area is 121 Å². The molecule has 4 heteroatoms. The van der Waals surface area contributed by atoms with Crippen molar-refractivity contribution in [1.82, 2.24) is 0 Å². The van der Waals surface area contributed by atoms with Gasteiger partial charge in [0.1, 0.15) is 5.82 Å². The average molecular weight is 297 g/mol. The summed E-state index contributed by atoms with van der Waals surface area (Å²) in [5, 5.41) is 10.5. The maximum absolute atomic E-state index is 13.6. The van der Waals surface area contributed by atoms with Crippen molar-refractivity contribution in [2.75, 3.05) is 6.26 Å². The van der Waals surface area contributed by atoms with Crippen molar-refractivity contribution in [3.8, 4) is 0 Å². The lowest BCUT2D eigenvalue weighted by molar-refractivity contribution is 0.177. The number of thioether (sulfide) groups is 1. The number of halogens is 2. The molecule has 2 aromatic rings. The molecule has 0 radical (unpaired) electrons. The van der Waals surface area contributed by atoms with Gasteiger partial charge in [0.25, 0.3) is 0 Å². The molecule has 0 aromatic heterocycles. The minimum Gasteiger partial charge on any atom is -0.388 e. The molecule has 0 aliphatic heterocycles. The molecule has 0 amide bonds. The Morgan fingerprint density at radius 3 is 2.47 bits per heavy atom. The summed E-state index contributed by atoms with van der Waals surface area (Å²) in [6.07, 6.45) is 1.40. The summed E-state index contributed by atoms with van der Waals surface area (Å²) < 4.78 is 13.6. The summed E-state index contributed by atoms with van der Waals surface area (Å²) in [5.41, 5.74) is 1.11. The van der Waals surface area contributed by atoms with E-state index in [1.54, 1.807) is 23.9 Å². The fourth-order valence-electron chi connectivity index (χ4n) is 1.86. The van der Waals surface area contributed by atoms with E-state index < -0.39 is 6.10 Å². The fraction of sp³-hybridized carbons (Fsp3) is 0.200. The van der Waals surface area contributed by atoms with Crippen molar-refractivity contribution >= 4 is 23.4 Å². The molecule has 100 valence electrons. The SMILES string of the molecule is CSc1ccc(C(O)Cc2c(F)cccc2Cl)cc1. The van der Waals surface area contributed by atoms with Crippen LogP contribution in [0.2, 0.25) is 5.02 Å². The van der Waals surface area contributed by atoms with E-state index in [2.05, 4.69) is 0 Å². The van der Waals surface area contributed by atoms with Crippen LogP contribution in [0.15, 0.2) is 47.4 Å². The molecule has 0 aliphatic rings. The van der Waals surface area contributed by atoms with Gasteiger partial charge in [-0.3, -0.25) is 0 Å². The Bertz CT molecular complexity index is 536. The summed E-state index contributed by atoms with van der Waals surface area (Å²) in [4.78, 5) is 1.12. The molecule has 0 saturated heterocycles.